The van der Waals surface area contributed by atoms with Crippen LogP contribution < -0.4 is 5.32 Å². The molecule has 0 aromatic heterocycles. The van der Waals surface area contributed by atoms with Crippen LogP contribution in [-0.2, 0) is 13.0 Å². The molecule has 3 aliphatic heterocycles. The van der Waals surface area contributed by atoms with Crippen LogP contribution >= 0.6 is 23.5 Å². The van der Waals surface area contributed by atoms with Gasteiger partial charge in [0.1, 0.15) is 0 Å². The molecule has 0 saturated heterocycles. The highest BCUT2D eigenvalue weighted by Gasteiger charge is 2.32. The van der Waals surface area contributed by atoms with Crippen LogP contribution in [0.1, 0.15) is 16.7 Å². The van der Waals surface area contributed by atoms with Crippen LogP contribution in [0.15, 0.2) is 69.6 Å². The molecule has 2 aromatic carbocycles. The molecule has 0 radical (unpaired) electrons. The Kier molecular flexibility index (Phi) is 4.91. The van der Waals surface area contributed by atoms with Crippen molar-refractivity contribution in [3.05, 3.63) is 76.3 Å². The Bertz CT molecular complexity index is 978. The van der Waals surface area contributed by atoms with Crippen molar-refractivity contribution in [2.24, 2.45) is 9.98 Å². The highest BCUT2D eigenvalue weighted by molar-refractivity contribution is 8.17. The fourth-order valence-electron chi connectivity index (χ4n) is 3.61. The van der Waals surface area contributed by atoms with Gasteiger partial charge in [0.05, 0.1) is 12.6 Å². The molecule has 0 spiro atoms. The zero-order valence-corrected chi connectivity index (χ0v) is 17.4. The summed E-state index contributed by atoms with van der Waals surface area (Å²) >= 11 is 3.53. The van der Waals surface area contributed by atoms with E-state index in [0.717, 1.165) is 35.6 Å². The molecule has 142 valence electrons. The summed E-state index contributed by atoms with van der Waals surface area (Å²) < 4.78 is 0. The molecule has 5 rings (SSSR count). The molecule has 1 unspecified atom stereocenters. The lowest BCUT2D eigenvalue weighted by molar-refractivity contribution is 0.512. The van der Waals surface area contributed by atoms with Crippen LogP contribution in [0.5, 0.6) is 0 Å². The molecule has 0 amide bonds. The normalized spacial score (nSPS) is 20.1. The van der Waals surface area contributed by atoms with Crippen LogP contribution in [0.2, 0.25) is 0 Å². The summed E-state index contributed by atoms with van der Waals surface area (Å²) in [5, 5.41) is 7.85. The monoisotopic (exact) mass is 406 g/mol. The van der Waals surface area contributed by atoms with Crippen molar-refractivity contribution in [3.63, 3.8) is 0 Å². The van der Waals surface area contributed by atoms with E-state index in [2.05, 4.69) is 76.1 Å². The van der Waals surface area contributed by atoms with Crippen LogP contribution in [0.3, 0.4) is 0 Å². The minimum absolute atomic E-state index is 0.343. The summed E-state index contributed by atoms with van der Waals surface area (Å²) in [6.07, 6.45) is 1.01. The van der Waals surface area contributed by atoms with Crippen molar-refractivity contribution in [3.8, 4) is 0 Å². The first kappa shape index (κ1) is 17.9. The van der Waals surface area contributed by atoms with Gasteiger partial charge in [-0.2, -0.15) is 0 Å². The number of hydrogen-bond donors (Lipinski definition) is 1. The molecule has 0 saturated carbocycles. The van der Waals surface area contributed by atoms with Crippen molar-refractivity contribution in [1.82, 2.24) is 4.90 Å². The zero-order valence-electron chi connectivity index (χ0n) is 15.8. The SMILES string of the molecule is Cc1ccc(CC2CN3C(CSC4=NCc5ccccc5N4)=CSC3=N2)cc1. The van der Waals surface area contributed by atoms with Gasteiger partial charge in [-0.25, -0.2) is 0 Å². The van der Waals surface area contributed by atoms with Crippen molar-refractivity contribution in [1.29, 1.82) is 0 Å². The largest absolute Gasteiger partial charge is 0.335 e. The van der Waals surface area contributed by atoms with Crippen LogP contribution in [-0.4, -0.2) is 33.6 Å². The van der Waals surface area contributed by atoms with E-state index in [4.69, 9.17) is 4.99 Å². The molecule has 3 aliphatic rings. The van der Waals surface area contributed by atoms with Gasteiger partial charge < -0.3 is 10.2 Å². The molecule has 1 atom stereocenters. The minimum atomic E-state index is 0.343. The van der Waals surface area contributed by atoms with Gasteiger partial charge in [0.25, 0.3) is 0 Å². The number of para-hydroxylation sites is 1. The lowest BCUT2D eigenvalue weighted by atomic mass is 10.1. The predicted octanol–water partition coefficient (Wildman–Crippen LogP) is 4.88. The van der Waals surface area contributed by atoms with E-state index in [1.165, 1.54) is 28.1 Å². The molecule has 1 N–H and O–H groups in total. The summed E-state index contributed by atoms with van der Waals surface area (Å²) in [7, 11) is 0. The average Bonchev–Trinajstić information content (AvgIpc) is 3.28. The van der Waals surface area contributed by atoms with Crippen molar-refractivity contribution in [2.45, 2.75) is 25.9 Å². The zero-order chi connectivity index (χ0) is 18.9. The van der Waals surface area contributed by atoms with Gasteiger partial charge in [0, 0.05) is 23.7 Å². The van der Waals surface area contributed by atoms with Gasteiger partial charge in [0.15, 0.2) is 10.3 Å². The van der Waals surface area contributed by atoms with Gasteiger partial charge >= 0.3 is 0 Å². The van der Waals surface area contributed by atoms with Crippen LogP contribution in [0.25, 0.3) is 0 Å². The Labute approximate surface area is 174 Å². The van der Waals surface area contributed by atoms with E-state index in [-0.39, 0.29) is 0 Å². The number of amidine groups is 2. The average molecular weight is 407 g/mol. The fourth-order valence-corrected chi connectivity index (χ4v) is 5.56. The first-order valence-electron chi connectivity index (χ1n) is 9.53. The van der Waals surface area contributed by atoms with E-state index in [0.29, 0.717) is 6.04 Å². The maximum atomic E-state index is 4.94. The van der Waals surface area contributed by atoms with Crippen molar-refractivity contribution < 1.29 is 0 Å². The van der Waals surface area contributed by atoms with E-state index in [1.807, 2.05) is 0 Å². The summed E-state index contributed by atoms with van der Waals surface area (Å²) in [6.45, 7) is 3.87. The number of aryl methyl sites for hydroxylation is 1. The first-order chi connectivity index (χ1) is 13.7. The molecular weight excluding hydrogens is 384 g/mol. The number of aliphatic imine (C=N–C) groups is 2. The highest BCUT2D eigenvalue weighted by atomic mass is 32.2. The van der Waals surface area contributed by atoms with Gasteiger partial charge in [0.2, 0.25) is 0 Å². The smallest absolute Gasteiger partial charge is 0.168 e. The Morgan fingerprint density at radius 1 is 1.18 bits per heavy atom. The second-order valence-corrected chi connectivity index (χ2v) is 9.09. The molecule has 0 aliphatic carbocycles. The molecule has 2 aromatic rings. The number of anilines is 1. The third kappa shape index (κ3) is 3.71. The minimum Gasteiger partial charge on any atom is -0.335 e. The molecule has 3 heterocycles. The number of nitrogens with one attached hydrogen (secondary N) is 1. The summed E-state index contributed by atoms with van der Waals surface area (Å²) in [5.41, 5.74) is 6.45. The summed E-state index contributed by atoms with van der Waals surface area (Å²) in [6, 6.07) is 17.5. The standard InChI is InChI=1S/C22H22N4S2/c1-15-6-8-16(9-7-15)10-18-12-26-19(14-28-22(26)24-18)13-27-21-23-11-17-4-2-3-5-20(17)25-21/h2-9,14,18H,10-13H2,1H3,(H,23,25). The van der Waals surface area contributed by atoms with Crippen molar-refractivity contribution >= 4 is 39.5 Å². The van der Waals surface area contributed by atoms with E-state index >= 15 is 0 Å². The Balaban J connectivity index is 1.17. The maximum Gasteiger partial charge on any atom is 0.168 e. The third-order valence-corrected chi connectivity index (χ3v) is 7.04. The van der Waals surface area contributed by atoms with Crippen molar-refractivity contribution in [2.75, 3.05) is 17.6 Å². The molecule has 0 fully saturated rings. The van der Waals surface area contributed by atoms with Gasteiger partial charge in [-0.15, -0.1) is 0 Å². The number of thioether (sulfide) groups is 2. The number of rotatable bonds is 4. The quantitative estimate of drug-likeness (QED) is 0.785. The lowest BCUT2D eigenvalue weighted by Crippen LogP contribution is -2.26. The summed E-state index contributed by atoms with van der Waals surface area (Å²) in [5.74, 6) is 0.914. The molecule has 6 heteroatoms. The van der Waals surface area contributed by atoms with Gasteiger partial charge in [-0.3, -0.25) is 9.98 Å². The summed E-state index contributed by atoms with van der Waals surface area (Å²) in [4.78, 5) is 12.0. The number of hydrogen-bond acceptors (Lipinski definition) is 6. The predicted molar refractivity (Wildman–Crippen MR) is 122 cm³/mol. The Hall–Kier alpha value is -2.18. The lowest BCUT2D eigenvalue weighted by Gasteiger charge is -2.20. The van der Waals surface area contributed by atoms with Gasteiger partial charge in [-0.1, -0.05) is 71.6 Å². The maximum absolute atomic E-state index is 4.94. The third-order valence-electron chi connectivity index (χ3n) is 5.16. The second-order valence-electron chi connectivity index (χ2n) is 7.29. The Morgan fingerprint density at radius 3 is 2.93 bits per heavy atom. The molecule has 0 bridgehead atoms. The van der Waals surface area contributed by atoms with E-state index in [1.54, 1.807) is 23.5 Å². The van der Waals surface area contributed by atoms with E-state index in [9.17, 15) is 0 Å². The number of fused-ring (bicyclic) bond motifs is 2. The fraction of sp³-hybridized carbons (Fsp3) is 0.273. The number of benzene rings is 2. The van der Waals surface area contributed by atoms with E-state index < -0.39 is 0 Å². The first-order valence-corrected chi connectivity index (χ1v) is 11.4. The molecular formula is C22H22N4S2. The molecule has 28 heavy (non-hydrogen) atoms. The highest BCUT2D eigenvalue weighted by Crippen LogP contribution is 2.34. The number of nitrogens with zero attached hydrogens (tertiary/aromatic N) is 3. The Morgan fingerprint density at radius 2 is 2.04 bits per heavy atom. The second kappa shape index (κ2) is 7.68. The van der Waals surface area contributed by atoms with Gasteiger partial charge in [-0.05, 0) is 35.9 Å². The topological polar surface area (TPSA) is 40.0 Å². The van der Waals surface area contributed by atoms with Crippen LogP contribution in [0, 0.1) is 6.92 Å². The van der Waals surface area contributed by atoms with Crippen LogP contribution in [0.4, 0.5) is 5.69 Å². The molecule has 4 nitrogen and oxygen atoms in total.